The summed E-state index contributed by atoms with van der Waals surface area (Å²) < 4.78 is 42.1. The van der Waals surface area contributed by atoms with Crippen LogP contribution >= 0.6 is 11.3 Å². The van der Waals surface area contributed by atoms with Gasteiger partial charge in [0, 0.05) is 12.4 Å². The van der Waals surface area contributed by atoms with Gasteiger partial charge in [0.25, 0.3) is 5.91 Å². The number of carboxylic acid groups (broad SMARTS) is 1. The summed E-state index contributed by atoms with van der Waals surface area (Å²) in [7, 11) is 1.35. The summed E-state index contributed by atoms with van der Waals surface area (Å²) in [5.74, 6) is -2.59. The molecule has 2 heterocycles. The Morgan fingerprint density at radius 2 is 2.00 bits per heavy atom. The maximum Gasteiger partial charge on any atom is 0.434 e. The van der Waals surface area contributed by atoms with Crippen molar-refractivity contribution in [2.24, 2.45) is 0 Å². The highest BCUT2D eigenvalue weighted by Crippen LogP contribution is 2.30. The molecular weight excluding hydrogens is 325 g/mol. The molecule has 118 valence electrons. The van der Waals surface area contributed by atoms with Gasteiger partial charge in [-0.3, -0.25) is 4.79 Å². The van der Waals surface area contributed by atoms with E-state index in [0.717, 1.165) is 27.7 Å². The van der Waals surface area contributed by atoms with Crippen molar-refractivity contribution in [1.82, 2.24) is 9.88 Å². The van der Waals surface area contributed by atoms with Crippen molar-refractivity contribution in [2.45, 2.75) is 12.7 Å². The van der Waals surface area contributed by atoms with Gasteiger partial charge < -0.3 is 14.4 Å². The minimum Gasteiger partial charge on any atom is -0.475 e. The van der Waals surface area contributed by atoms with Gasteiger partial charge >= 0.3 is 12.1 Å². The van der Waals surface area contributed by atoms with Crippen molar-refractivity contribution >= 4 is 23.2 Å². The van der Waals surface area contributed by atoms with Gasteiger partial charge in [0.2, 0.25) is 5.76 Å². The molecule has 0 fully saturated rings. The Morgan fingerprint density at radius 3 is 2.50 bits per heavy atom. The summed E-state index contributed by atoms with van der Waals surface area (Å²) in [6.07, 6.45) is -4.53. The van der Waals surface area contributed by atoms with E-state index in [1.54, 1.807) is 0 Å². The lowest BCUT2D eigenvalue weighted by molar-refractivity contribution is -0.140. The number of rotatable bonds is 4. The molecule has 1 N–H and O–H groups in total. The van der Waals surface area contributed by atoms with E-state index in [4.69, 9.17) is 9.52 Å². The monoisotopic (exact) mass is 334 g/mol. The van der Waals surface area contributed by atoms with Crippen LogP contribution in [0.5, 0.6) is 0 Å². The fraction of sp³-hybridized carbons (Fsp3) is 0.250. The molecule has 2 aromatic rings. The molecule has 2 aromatic heterocycles. The number of thiazole rings is 1. The van der Waals surface area contributed by atoms with Crippen LogP contribution in [-0.2, 0) is 12.7 Å². The average Bonchev–Trinajstić information content (AvgIpc) is 3.05. The fourth-order valence-corrected chi connectivity index (χ4v) is 2.40. The SMILES string of the molecule is CN(Cc1nc(C(F)(F)F)cs1)C(=O)c1ccc(C(=O)O)o1. The van der Waals surface area contributed by atoms with E-state index in [1.807, 2.05) is 0 Å². The molecule has 0 aliphatic heterocycles. The molecule has 6 nitrogen and oxygen atoms in total. The quantitative estimate of drug-likeness (QED) is 0.929. The van der Waals surface area contributed by atoms with Gasteiger partial charge in [-0.25, -0.2) is 9.78 Å². The summed E-state index contributed by atoms with van der Waals surface area (Å²) in [5.41, 5.74) is -1.01. The van der Waals surface area contributed by atoms with Crippen LogP contribution in [-0.4, -0.2) is 33.9 Å². The molecule has 0 bridgehead atoms. The Kier molecular flexibility index (Phi) is 4.22. The number of halogens is 3. The fourth-order valence-electron chi connectivity index (χ4n) is 1.54. The average molecular weight is 334 g/mol. The van der Waals surface area contributed by atoms with E-state index in [2.05, 4.69) is 4.98 Å². The number of carbonyl (C=O) groups is 2. The zero-order valence-electron chi connectivity index (χ0n) is 11.0. The highest BCUT2D eigenvalue weighted by molar-refractivity contribution is 7.09. The predicted octanol–water partition coefficient (Wildman–Crippen LogP) is 2.73. The van der Waals surface area contributed by atoms with Gasteiger partial charge in [0.15, 0.2) is 11.5 Å². The first-order valence-electron chi connectivity index (χ1n) is 5.78. The molecule has 0 radical (unpaired) electrons. The van der Waals surface area contributed by atoms with Gasteiger partial charge in [0.1, 0.15) is 5.01 Å². The predicted molar refractivity (Wildman–Crippen MR) is 68.6 cm³/mol. The molecule has 0 atom stereocenters. The lowest BCUT2D eigenvalue weighted by atomic mass is 10.4. The maximum atomic E-state index is 12.4. The summed E-state index contributed by atoms with van der Waals surface area (Å²) in [5, 5.41) is 9.67. The molecule has 2 rings (SSSR count). The molecule has 0 aliphatic carbocycles. The number of aromatic carboxylic acids is 1. The summed E-state index contributed by atoms with van der Waals surface area (Å²) >= 11 is 0.778. The molecule has 1 amide bonds. The lowest BCUT2D eigenvalue weighted by Gasteiger charge is -2.13. The van der Waals surface area contributed by atoms with Crippen LogP contribution in [0.25, 0.3) is 0 Å². The molecule has 0 aliphatic rings. The number of nitrogens with zero attached hydrogens (tertiary/aromatic N) is 2. The number of hydrogen-bond donors (Lipinski definition) is 1. The molecule has 0 saturated carbocycles. The van der Waals surface area contributed by atoms with Gasteiger partial charge in [-0.05, 0) is 12.1 Å². The molecule has 22 heavy (non-hydrogen) atoms. The highest BCUT2D eigenvalue weighted by atomic mass is 32.1. The minimum absolute atomic E-state index is 0.105. The number of alkyl halides is 3. The molecule has 0 spiro atoms. The van der Waals surface area contributed by atoms with Gasteiger partial charge in [-0.1, -0.05) is 0 Å². The Bertz CT molecular complexity index is 707. The normalized spacial score (nSPS) is 11.5. The van der Waals surface area contributed by atoms with E-state index in [-0.39, 0.29) is 17.3 Å². The lowest BCUT2D eigenvalue weighted by Crippen LogP contribution is -2.25. The summed E-state index contributed by atoms with van der Waals surface area (Å²) in [6.45, 7) is -0.150. The van der Waals surface area contributed by atoms with Crippen molar-refractivity contribution in [1.29, 1.82) is 0 Å². The largest absolute Gasteiger partial charge is 0.475 e. The van der Waals surface area contributed by atoms with E-state index < -0.39 is 29.5 Å². The first-order valence-corrected chi connectivity index (χ1v) is 6.66. The number of hydrogen-bond acceptors (Lipinski definition) is 5. The number of carboxylic acids is 1. The Labute approximate surface area is 125 Å². The van der Waals surface area contributed by atoms with Crippen molar-refractivity contribution in [3.63, 3.8) is 0 Å². The highest BCUT2D eigenvalue weighted by Gasteiger charge is 2.33. The second-order valence-corrected chi connectivity index (χ2v) is 5.20. The van der Waals surface area contributed by atoms with Gasteiger partial charge in [0.05, 0.1) is 6.54 Å². The van der Waals surface area contributed by atoms with E-state index >= 15 is 0 Å². The summed E-state index contributed by atoms with van der Waals surface area (Å²) in [6, 6.07) is 2.31. The molecule has 0 saturated heterocycles. The Morgan fingerprint density at radius 1 is 1.36 bits per heavy atom. The van der Waals surface area contributed by atoms with Crippen LogP contribution in [0.1, 0.15) is 31.8 Å². The number of carbonyl (C=O) groups excluding carboxylic acids is 1. The number of aromatic nitrogens is 1. The summed E-state index contributed by atoms with van der Waals surface area (Å²) in [4.78, 5) is 27.1. The molecule has 10 heteroatoms. The van der Waals surface area contributed by atoms with Crippen LogP contribution in [0.15, 0.2) is 21.9 Å². The third-order valence-electron chi connectivity index (χ3n) is 2.59. The van der Waals surface area contributed by atoms with E-state index in [1.165, 1.54) is 13.1 Å². The second kappa shape index (κ2) is 5.79. The topological polar surface area (TPSA) is 83.6 Å². The first kappa shape index (κ1) is 16.0. The number of furan rings is 1. The van der Waals surface area contributed by atoms with Crippen LogP contribution in [0.4, 0.5) is 13.2 Å². The van der Waals surface area contributed by atoms with Crippen LogP contribution < -0.4 is 0 Å². The van der Waals surface area contributed by atoms with Gasteiger partial charge in [-0.15, -0.1) is 11.3 Å². The molecular formula is C12H9F3N2O4S. The first-order chi connectivity index (χ1) is 10.2. The minimum atomic E-state index is -4.53. The van der Waals surface area contributed by atoms with Crippen molar-refractivity contribution in [3.8, 4) is 0 Å². The van der Waals surface area contributed by atoms with Gasteiger partial charge in [-0.2, -0.15) is 13.2 Å². The third kappa shape index (κ3) is 3.45. The van der Waals surface area contributed by atoms with Crippen molar-refractivity contribution in [2.75, 3.05) is 7.05 Å². The smallest absolute Gasteiger partial charge is 0.434 e. The van der Waals surface area contributed by atoms with Crippen LogP contribution in [0, 0.1) is 0 Å². The standard InChI is InChI=1S/C12H9F3N2O4S/c1-17(4-9-16-8(5-22-9)12(13,14)15)10(18)6-2-3-7(21-6)11(19)20/h2-3,5H,4H2,1H3,(H,19,20). The zero-order chi connectivity index (χ0) is 16.5. The third-order valence-corrected chi connectivity index (χ3v) is 3.42. The maximum absolute atomic E-state index is 12.4. The van der Waals surface area contributed by atoms with E-state index in [0.29, 0.717) is 0 Å². The zero-order valence-corrected chi connectivity index (χ0v) is 11.9. The molecule has 0 aromatic carbocycles. The van der Waals surface area contributed by atoms with Crippen LogP contribution in [0.2, 0.25) is 0 Å². The van der Waals surface area contributed by atoms with Crippen molar-refractivity contribution in [3.05, 3.63) is 39.7 Å². The Balaban J connectivity index is 2.07. The second-order valence-electron chi connectivity index (χ2n) is 4.25. The molecule has 0 unspecified atom stereocenters. The van der Waals surface area contributed by atoms with Crippen LogP contribution in [0.3, 0.4) is 0 Å². The van der Waals surface area contributed by atoms with Crippen molar-refractivity contribution < 1.29 is 32.3 Å². The Hall–Kier alpha value is -2.36. The number of amides is 1. The van der Waals surface area contributed by atoms with E-state index in [9.17, 15) is 22.8 Å².